The minimum absolute atomic E-state index is 0.00500. The number of quaternary nitrogens is 1. The van der Waals surface area contributed by atoms with Crippen LogP contribution in [0.4, 0.5) is 5.69 Å². The minimum atomic E-state index is -6.16. The zero-order valence-electron chi connectivity index (χ0n) is 70.2. The Bertz CT molecular complexity index is 4160. The molecule has 0 saturated carbocycles. The number of non-ortho nitro benzene ring substituents is 1. The number of nitrogens with one attached hydrogen (secondary N) is 5. The van der Waals surface area contributed by atoms with Crippen LogP contribution >= 0.6 is 7.82 Å². The molecule has 0 bridgehead atoms. The molecule has 0 aliphatic carbocycles. The quantitative estimate of drug-likeness (QED) is 0.00956. The maximum Gasteiger partial charge on any atom is 0.303 e. The van der Waals surface area contributed by atoms with E-state index in [-0.39, 0.29) is 51.7 Å². The molecule has 1 unspecified atom stereocenters. The summed E-state index contributed by atoms with van der Waals surface area (Å²) in [4.78, 5) is 110. The predicted octanol–water partition coefficient (Wildman–Crippen LogP) is 6.56. The summed E-state index contributed by atoms with van der Waals surface area (Å²) in [6.45, 7) is 26.2. The van der Waals surface area contributed by atoms with Crippen LogP contribution < -0.4 is 31.1 Å². The molecule has 6 aliphatic rings. The molecular weight excluding hydrogens is 1600 g/mol. The number of phosphoric acid groups is 1. The van der Waals surface area contributed by atoms with Crippen LogP contribution in [-0.4, -0.2) is 224 Å². The highest BCUT2D eigenvalue weighted by atomic mass is 31.2. The van der Waals surface area contributed by atoms with Crippen molar-refractivity contribution >= 4 is 57.4 Å². The Balaban J connectivity index is 0.00000207. The molecule has 6 aliphatic heterocycles. The van der Waals surface area contributed by atoms with Gasteiger partial charge in [0.15, 0.2) is 58.3 Å². The average molecular weight is 1720 g/mol. The number of carbonyl (C=O) groups excluding carboxylic acids is 6. The molecule has 34 nitrogen and oxygen atoms in total. The van der Waals surface area contributed by atoms with Gasteiger partial charge >= 0.3 is 11.9 Å². The van der Waals surface area contributed by atoms with Crippen molar-refractivity contribution in [3.8, 4) is 0 Å². The second kappa shape index (κ2) is 43.9. The van der Waals surface area contributed by atoms with Crippen LogP contribution in [-0.2, 0) is 137 Å². The van der Waals surface area contributed by atoms with Crippen molar-refractivity contribution in [3.63, 3.8) is 0 Å². The maximum atomic E-state index is 15.7. The van der Waals surface area contributed by atoms with Crippen LogP contribution in [0.5, 0.6) is 0 Å². The van der Waals surface area contributed by atoms with E-state index in [1.165, 1.54) is 45.6 Å². The molecule has 5 aromatic rings. The van der Waals surface area contributed by atoms with E-state index < -0.39 is 203 Å². The standard InChI is InChI=1S/C78H100N5O28PSi.C6H15N/c1-44(84)79-60-68(99-48(5)88)64(56(40-94-38-51-24-16-12-17-25-51)101-74(60)96-37-36-50-32-34-55(35-33-50)83(90)91)107-75-62(81-46(3)86)70(66-58(102-75)42-97-72(105-66)53-28-20-14-21-29-53)109-112(92,93)110-77-61(80-45(2)85)69(100-49(6)89)65(57(104-77)41-95-39-52-26-18-13-19-27-52)108-76-63(82-47(4)87)71(111-113(10,11)78(7,8)9)67-59(103-76)43-98-73(106-67)54-30-22-15-23-31-54;1-4-7(5-2)6-3/h12-35,56-77H,36-43H2,1-11H3,(H,79,84)(H,80,85)(H,81,86)(H,82,87)(H,92,93);4-6H2,1-3H3/t56-,57-,58-,59-,60-,61-,62-,63-,64+,65+,66+,67+,68-,69-,70-,71-,72+,73+,74+,75+,76+,77-;/m1./s1. The number of hydrogen-bond donors (Lipinski definition) is 5. The van der Waals surface area contributed by atoms with Crippen LogP contribution in [0.3, 0.4) is 0 Å². The van der Waals surface area contributed by atoms with Gasteiger partial charge in [0.25, 0.3) is 13.5 Å². The molecule has 5 N–H and O–H groups in total. The predicted molar refractivity (Wildman–Crippen MR) is 429 cm³/mol. The summed E-state index contributed by atoms with van der Waals surface area (Å²) >= 11 is 0. The lowest BCUT2D eigenvalue weighted by Crippen LogP contribution is -3.11. The summed E-state index contributed by atoms with van der Waals surface area (Å²) in [5, 5.41) is 22.3. The first-order valence-electron chi connectivity index (χ1n) is 40.5. The number of esters is 2. The molecule has 120 heavy (non-hydrogen) atoms. The molecule has 0 radical (unpaired) electrons. The van der Waals surface area contributed by atoms with Gasteiger partial charge in [-0.2, -0.15) is 0 Å². The summed E-state index contributed by atoms with van der Waals surface area (Å²) in [7, 11) is -9.02. The van der Waals surface area contributed by atoms with Gasteiger partial charge in [-0.25, -0.2) is 0 Å². The van der Waals surface area contributed by atoms with Gasteiger partial charge in [0, 0.05) is 64.8 Å². The number of nitro benzene ring substituents is 1. The minimum Gasteiger partial charge on any atom is -0.756 e. The Morgan fingerprint density at radius 3 is 1.28 bits per heavy atom. The molecule has 6 fully saturated rings. The van der Waals surface area contributed by atoms with Crippen LogP contribution in [0.15, 0.2) is 146 Å². The van der Waals surface area contributed by atoms with Gasteiger partial charge in [0.1, 0.15) is 79.1 Å². The molecule has 11 rings (SSSR count). The second-order valence-corrected chi connectivity index (χ2v) is 37.7. The van der Waals surface area contributed by atoms with E-state index in [0.717, 1.165) is 33.3 Å². The zero-order valence-corrected chi connectivity index (χ0v) is 72.1. The van der Waals surface area contributed by atoms with Crippen LogP contribution in [0.2, 0.25) is 18.1 Å². The Morgan fingerprint density at radius 2 is 0.892 bits per heavy atom. The van der Waals surface area contributed by atoms with Gasteiger partial charge in [-0.3, -0.25) is 48.0 Å². The lowest BCUT2D eigenvalue weighted by Gasteiger charge is -2.54. The van der Waals surface area contributed by atoms with E-state index in [1.54, 1.807) is 83.8 Å². The monoisotopic (exact) mass is 1710 g/mol. The molecule has 6 heterocycles. The van der Waals surface area contributed by atoms with E-state index in [2.05, 4.69) is 42.0 Å². The SMILES string of the molecule is CC(=O)N[C@H]1[C@H](O[C@@H]2[C@H](OC(C)=O)[C@@H](NC(C)=O)[C@@H](OP(=O)([O-])O[C@@H]3[C@@H](NC(C)=O)[C@H](O[C@@H]4[C@H](OC(C)=O)[C@@H](NC(C)=O)[C@@H](OCCc5ccc([N+](=O)[O-])cc5)O[C@@H]4COCc4ccccc4)O[C@@H]4CO[C@H](c5ccccc5)O[C@H]34)O[C@@H]2COCc2ccccc2)O[C@@H]2CO[C@H](c3ccccc3)O[C@@H]2[C@@H]1O[Si](C)(C)C(C)(C)C.CC[NH+](CC)CC. The molecule has 4 amide bonds. The maximum absolute atomic E-state index is 15.7. The third-order valence-electron chi connectivity index (χ3n) is 21.6. The van der Waals surface area contributed by atoms with Gasteiger partial charge in [-0.1, -0.05) is 154 Å². The highest BCUT2D eigenvalue weighted by Crippen LogP contribution is 2.50. The number of amides is 4. The summed E-state index contributed by atoms with van der Waals surface area (Å²) in [6.07, 6.45) is -26.3. The van der Waals surface area contributed by atoms with Gasteiger partial charge in [0.05, 0.1) is 76.9 Å². The van der Waals surface area contributed by atoms with Gasteiger partial charge < -0.3 is 111 Å². The fourth-order valence-electron chi connectivity index (χ4n) is 14.7. The first kappa shape index (κ1) is 94.3. The number of carbonyl (C=O) groups is 6. The first-order valence-corrected chi connectivity index (χ1v) is 44.9. The number of rotatable bonds is 34. The number of nitro groups is 1. The largest absolute Gasteiger partial charge is 0.756 e. The van der Waals surface area contributed by atoms with Gasteiger partial charge in [-0.15, -0.1) is 0 Å². The van der Waals surface area contributed by atoms with Crippen molar-refractivity contribution in [2.75, 3.05) is 52.7 Å². The highest BCUT2D eigenvalue weighted by molar-refractivity contribution is 7.45. The Hall–Kier alpha value is -7.95. The first-order chi connectivity index (χ1) is 57.2. The summed E-state index contributed by atoms with van der Waals surface area (Å²) in [5.41, 5.74) is 3.11. The lowest BCUT2D eigenvalue weighted by atomic mass is 9.93. The third-order valence-corrected chi connectivity index (χ3v) is 27.0. The summed E-state index contributed by atoms with van der Waals surface area (Å²) in [5.74, 6) is -4.60. The van der Waals surface area contributed by atoms with Crippen molar-refractivity contribution in [1.82, 2.24) is 21.3 Å². The number of nitrogens with zero attached hydrogens (tertiary/aromatic N) is 1. The number of hydrogen-bond acceptors (Lipinski definition) is 28. The number of ether oxygens (including phenoxy) is 15. The Labute approximate surface area is 700 Å². The van der Waals surface area contributed by atoms with Gasteiger partial charge in [0.2, 0.25) is 23.6 Å². The lowest BCUT2D eigenvalue weighted by molar-refractivity contribution is -0.894. The molecule has 658 valence electrons. The summed E-state index contributed by atoms with van der Waals surface area (Å²) in [6, 6.07) is 35.4. The average Bonchev–Trinajstić information content (AvgIpc) is 0.752. The highest BCUT2D eigenvalue weighted by Gasteiger charge is 2.61. The van der Waals surface area contributed by atoms with Crippen molar-refractivity contribution in [1.29, 1.82) is 0 Å². The van der Waals surface area contributed by atoms with E-state index in [4.69, 9.17) is 84.5 Å². The van der Waals surface area contributed by atoms with E-state index >= 15 is 9.46 Å². The van der Waals surface area contributed by atoms with Crippen LogP contribution in [0.25, 0.3) is 0 Å². The number of fused-ring (bicyclic) bond motifs is 2. The van der Waals surface area contributed by atoms with Crippen molar-refractivity contribution in [2.45, 2.75) is 256 Å². The van der Waals surface area contributed by atoms with Crippen LogP contribution in [0, 0.1) is 10.1 Å². The molecular formula is C84H115N6O28PSi. The normalized spacial score (nSPS) is 29.8. The zero-order chi connectivity index (χ0) is 86.6. The van der Waals surface area contributed by atoms with Crippen LogP contribution in [0.1, 0.15) is 123 Å². The molecule has 23 atom stereocenters. The third kappa shape index (κ3) is 26.1. The smallest absolute Gasteiger partial charge is 0.303 e. The number of phosphoric ester groups is 1. The van der Waals surface area contributed by atoms with E-state index in [0.29, 0.717) is 22.3 Å². The van der Waals surface area contributed by atoms with Crippen molar-refractivity contribution in [2.24, 2.45) is 0 Å². The topological polar surface area (TPSA) is 404 Å². The molecule has 0 spiro atoms. The molecule has 6 saturated heterocycles. The Kier molecular flexibility index (Phi) is 34.5. The van der Waals surface area contributed by atoms with E-state index in [9.17, 15) is 38.9 Å². The second-order valence-electron chi connectivity index (χ2n) is 31.6. The van der Waals surface area contributed by atoms with Crippen molar-refractivity contribution < 1.29 is 133 Å². The number of benzene rings is 5. The molecule has 5 aromatic carbocycles. The fraction of sp³-hybridized carbons (Fsp3) is 0.571. The van der Waals surface area contributed by atoms with Crippen molar-refractivity contribution in [3.05, 3.63) is 184 Å². The summed E-state index contributed by atoms with van der Waals surface area (Å²) < 4.78 is 134. The molecule has 36 heteroatoms. The molecule has 0 aromatic heterocycles. The Morgan fingerprint density at radius 1 is 0.500 bits per heavy atom. The van der Waals surface area contributed by atoms with E-state index in [1.807, 2.05) is 88.5 Å². The fourth-order valence-corrected chi connectivity index (χ4v) is 17.1. The van der Waals surface area contributed by atoms with Gasteiger partial charge in [-0.05, 0) is 62.0 Å².